The number of hydrogen-bond acceptors (Lipinski definition) is 3. The van der Waals surface area contributed by atoms with E-state index in [1.807, 2.05) is 12.1 Å². The standard InChI is InChI=1S/C28H28F6O3/c1-2-17-14-35-25(36-15-17)10-5-18-4-9-22-21(11-18)8-7-20(26(22)31)6-3-19-12-23(29)27(24(30)13-19)37-16-28(32,33)34/h4,7-9,11-13,17,25H,2-3,5-6,10,14-16H2,1H3. The van der Waals surface area contributed by atoms with Gasteiger partial charge in [0, 0.05) is 17.7 Å². The summed E-state index contributed by atoms with van der Waals surface area (Å²) in [5.74, 6) is -3.54. The summed E-state index contributed by atoms with van der Waals surface area (Å²) in [6.07, 6.45) is -2.27. The Bertz CT molecular complexity index is 1200. The van der Waals surface area contributed by atoms with Crippen LogP contribution in [0.4, 0.5) is 26.3 Å². The molecule has 3 aromatic rings. The first-order valence-electron chi connectivity index (χ1n) is 12.2. The zero-order valence-electron chi connectivity index (χ0n) is 20.3. The highest BCUT2D eigenvalue weighted by molar-refractivity contribution is 5.84. The predicted molar refractivity (Wildman–Crippen MR) is 127 cm³/mol. The topological polar surface area (TPSA) is 27.7 Å². The van der Waals surface area contributed by atoms with E-state index in [2.05, 4.69) is 11.7 Å². The number of alkyl halides is 3. The quantitative estimate of drug-likeness (QED) is 0.274. The number of halogens is 6. The third-order valence-corrected chi connectivity index (χ3v) is 6.50. The lowest BCUT2D eigenvalue weighted by atomic mass is 9.98. The fourth-order valence-electron chi connectivity index (χ4n) is 4.33. The molecule has 0 spiro atoms. The number of rotatable bonds is 9. The van der Waals surface area contributed by atoms with Gasteiger partial charge in [-0.25, -0.2) is 13.2 Å². The van der Waals surface area contributed by atoms with Crippen LogP contribution < -0.4 is 4.74 Å². The van der Waals surface area contributed by atoms with E-state index in [0.717, 1.165) is 35.9 Å². The molecule has 9 heteroatoms. The molecule has 0 N–H and O–H groups in total. The summed E-state index contributed by atoms with van der Waals surface area (Å²) < 4.78 is 96.0. The number of fused-ring (bicyclic) bond motifs is 1. The Balaban J connectivity index is 1.38. The highest BCUT2D eigenvalue weighted by atomic mass is 19.4. The summed E-state index contributed by atoms with van der Waals surface area (Å²) >= 11 is 0. The van der Waals surface area contributed by atoms with Gasteiger partial charge < -0.3 is 14.2 Å². The molecule has 200 valence electrons. The summed E-state index contributed by atoms with van der Waals surface area (Å²) in [6.45, 7) is 1.70. The lowest BCUT2D eigenvalue weighted by molar-refractivity contribution is -0.202. The van der Waals surface area contributed by atoms with Crippen molar-refractivity contribution in [1.29, 1.82) is 0 Å². The van der Waals surface area contributed by atoms with Gasteiger partial charge in [-0.2, -0.15) is 13.2 Å². The minimum atomic E-state index is -4.72. The normalized spacial score (nSPS) is 18.4. The number of hydrogen-bond donors (Lipinski definition) is 0. The van der Waals surface area contributed by atoms with E-state index >= 15 is 4.39 Å². The first kappa shape index (κ1) is 27.3. The molecule has 0 unspecified atom stereocenters. The molecular formula is C28H28F6O3. The van der Waals surface area contributed by atoms with Crippen molar-refractivity contribution < 1.29 is 40.6 Å². The molecule has 4 rings (SSSR count). The van der Waals surface area contributed by atoms with Gasteiger partial charge in [0.05, 0.1) is 13.2 Å². The minimum absolute atomic E-state index is 0.0914. The average Bonchev–Trinajstić information content (AvgIpc) is 2.86. The van der Waals surface area contributed by atoms with Gasteiger partial charge in [-0.3, -0.25) is 0 Å². The summed E-state index contributed by atoms with van der Waals surface area (Å²) in [4.78, 5) is 0. The molecule has 1 aliphatic rings. The highest BCUT2D eigenvalue weighted by Crippen LogP contribution is 2.28. The van der Waals surface area contributed by atoms with Crippen molar-refractivity contribution in [2.75, 3.05) is 19.8 Å². The zero-order chi connectivity index (χ0) is 26.6. The van der Waals surface area contributed by atoms with Crippen LogP contribution in [-0.2, 0) is 28.7 Å². The second kappa shape index (κ2) is 11.7. The molecule has 0 saturated carbocycles. The number of benzene rings is 3. The van der Waals surface area contributed by atoms with Crippen molar-refractivity contribution in [1.82, 2.24) is 0 Å². The molecule has 0 bridgehead atoms. The summed E-state index contributed by atoms with van der Waals surface area (Å²) in [5, 5.41) is 1.17. The molecule has 1 heterocycles. The van der Waals surface area contributed by atoms with Crippen LogP contribution in [0.5, 0.6) is 5.75 Å². The number of ether oxygens (including phenoxy) is 3. The summed E-state index contributed by atoms with van der Waals surface area (Å²) in [6, 6.07) is 10.7. The average molecular weight is 527 g/mol. The van der Waals surface area contributed by atoms with Gasteiger partial charge in [-0.05, 0) is 59.9 Å². The molecular weight excluding hydrogens is 498 g/mol. The van der Waals surface area contributed by atoms with Crippen LogP contribution in [-0.4, -0.2) is 32.3 Å². The van der Waals surface area contributed by atoms with Crippen LogP contribution in [0.3, 0.4) is 0 Å². The smallest absolute Gasteiger partial charge is 0.422 e. The van der Waals surface area contributed by atoms with Gasteiger partial charge in [0.25, 0.3) is 0 Å². The molecule has 1 aliphatic heterocycles. The molecule has 3 aromatic carbocycles. The van der Waals surface area contributed by atoms with E-state index in [0.29, 0.717) is 36.5 Å². The third kappa shape index (κ3) is 7.17. The van der Waals surface area contributed by atoms with E-state index in [1.165, 1.54) is 0 Å². The van der Waals surface area contributed by atoms with Crippen LogP contribution in [0, 0.1) is 23.4 Å². The largest absolute Gasteiger partial charge is 0.478 e. The van der Waals surface area contributed by atoms with E-state index in [4.69, 9.17) is 9.47 Å². The molecule has 0 aromatic heterocycles. The van der Waals surface area contributed by atoms with E-state index in [-0.39, 0.29) is 24.7 Å². The monoisotopic (exact) mass is 526 g/mol. The fourth-order valence-corrected chi connectivity index (χ4v) is 4.33. The van der Waals surface area contributed by atoms with Crippen LogP contribution in [0.1, 0.15) is 36.5 Å². The SMILES string of the molecule is CCC1COC(CCc2ccc3c(F)c(CCc4cc(F)c(OCC(F)(F)F)c(F)c4)ccc3c2)OC1. The second-order valence-corrected chi connectivity index (χ2v) is 9.30. The van der Waals surface area contributed by atoms with Crippen LogP contribution in [0.15, 0.2) is 42.5 Å². The molecule has 0 amide bonds. The van der Waals surface area contributed by atoms with Crippen LogP contribution >= 0.6 is 0 Å². The van der Waals surface area contributed by atoms with E-state index < -0.39 is 36.0 Å². The molecule has 1 fully saturated rings. The van der Waals surface area contributed by atoms with Crippen molar-refractivity contribution in [3.63, 3.8) is 0 Å². The van der Waals surface area contributed by atoms with Gasteiger partial charge in [-0.15, -0.1) is 0 Å². The molecule has 0 aliphatic carbocycles. The lowest BCUT2D eigenvalue weighted by Crippen LogP contribution is -2.32. The second-order valence-electron chi connectivity index (χ2n) is 9.30. The first-order chi connectivity index (χ1) is 17.6. The lowest BCUT2D eigenvalue weighted by Gasteiger charge is -2.28. The Morgan fingerprint density at radius 2 is 1.57 bits per heavy atom. The van der Waals surface area contributed by atoms with Crippen LogP contribution in [0.25, 0.3) is 10.8 Å². The van der Waals surface area contributed by atoms with Crippen molar-refractivity contribution >= 4 is 10.8 Å². The third-order valence-electron chi connectivity index (χ3n) is 6.50. The van der Waals surface area contributed by atoms with Gasteiger partial charge >= 0.3 is 6.18 Å². The summed E-state index contributed by atoms with van der Waals surface area (Å²) in [7, 11) is 0. The van der Waals surface area contributed by atoms with Crippen molar-refractivity contribution in [3.8, 4) is 5.75 Å². The molecule has 0 radical (unpaired) electrons. The van der Waals surface area contributed by atoms with Crippen molar-refractivity contribution in [2.24, 2.45) is 5.92 Å². The first-order valence-corrected chi connectivity index (χ1v) is 12.2. The maximum absolute atomic E-state index is 15.2. The maximum Gasteiger partial charge on any atom is 0.422 e. The Hall–Kier alpha value is -2.78. The van der Waals surface area contributed by atoms with Gasteiger partial charge in [0.2, 0.25) is 0 Å². The minimum Gasteiger partial charge on any atom is -0.478 e. The molecule has 37 heavy (non-hydrogen) atoms. The Morgan fingerprint density at radius 3 is 2.22 bits per heavy atom. The fraction of sp³-hybridized carbons (Fsp3) is 0.429. The van der Waals surface area contributed by atoms with Crippen molar-refractivity contribution in [3.05, 3.63) is 76.6 Å². The highest BCUT2D eigenvalue weighted by Gasteiger charge is 2.30. The Morgan fingerprint density at radius 1 is 0.865 bits per heavy atom. The van der Waals surface area contributed by atoms with Crippen LogP contribution in [0.2, 0.25) is 0 Å². The molecule has 1 saturated heterocycles. The van der Waals surface area contributed by atoms with Crippen molar-refractivity contribution in [2.45, 2.75) is 51.5 Å². The van der Waals surface area contributed by atoms with Gasteiger partial charge in [0.1, 0.15) is 5.82 Å². The van der Waals surface area contributed by atoms with E-state index in [9.17, 15) is 22.0 Å². The predicted octanol–water partition coefficient (Wildman–Crippen LogP) is 7.32. The van der Waals surface area contributed by atoms with Gasteiger partial charge in [-0.1, -0.05) is 37.3 Å². The van der Waals surface area contributed by atoms with E-state index in [1.54, 1.807) is 18.2 Å². The Labute approximate surface area is 211 Å². The van der Waals surface area contributed by atoms with Gasteiger partial charge in [0.15, 0.2) is 30.3 Å². The maximum atomic E-state index is 15.2. The summed E-state index contributed by atoms with van der Waals surface area (Å²) in [5.41, 5.74) is 1.58. The number of aryl methyl sites for hydroxylation is 3. The molecule has 3 nitrogen and oxygen atoms in total. The zero-order valence-corrected chi connectivity index (χ0v) is 20.3. The molecule has 0 atom stereocenters. The Kier molecular flexibility index (Phi) is 8.64.